The van der Waals surface area contributed by atoms with Gasteiger partial charge in [0.05, 0.1) is 12.5 Å². The second-order valence-electron chi connectivity index (χ2n) is 3.35. The molecule has 1 heterocycles. The Morgan fingerprint density at radius 2 is 2.07 bits per heavy atom. The van der Waals surface area contributed by atoms with Gasteiger partial charge in [-0.15, -0.1) is 0 Å². The molecule has 1 aromatic carbocycles. The van der Waals surface area contributed by atoms with Gasteiger partial charge in [-0.2, -0.15) is 5.26 Å². The van der Waals surface area contributed by atoms with Crippen LogP contribution in [-0.2, 0) is 12.8 Å². The smallest absolute Gasteiger partial charge is 0.110 e. The van der Waals surface area contributed by atoms with Gasteiger partial charge in [0, 0.05) is 18.3 Å². The zero-order chi connectivity index (χ0) is 10.5. The van der Waals surface area contributed by atoms with Crippen molar-refractivity contribution in [1.29, 1.82) is 5.26 Å². The second kappa shape index (κ2) is 4.43. The van der Waals surface area contributed by atoms with Crippen LogP contribution in [0.25, 0.3) is 0 Å². The van der Waals surface area contributed by atoms with Gasteiger partial charge in [0.2, 0.25) is 0 Å². The summed E-state index contributed by atoms with van der Waals surface area (Å²) in [5, 5.41) is 8.52. The number of hydrogen-bond acceptors (Lipinski definition) is 2. The van der Waals surface area contributed by atoms with Gasteiger partial charge < -0.3 is 4.98 Å². The van der Waals surface area contributed by atoms with E-state index in [0.717, 1.165) is 17.9 Å². The number of aromatic amines is 1. The molecule has 0 aliphatic heterocycles. The third-order valence-corrected chi connectivity index (χ3v) is 2.16. The predicted molar refractivity (Wildman–Crippen MR) is 57.2 cm³/mol. The Morgan fingerprint density at radius 1 is 1.27 bits per heavy atom. The van der Waals surface area contributed by atoms with Gasteiger partial charge in [-0.1, -0.05) is 30.3 Å². The highest BCUT2D eigenvalue weighted by Crippen LogP contribution is 2.06. The molecule has 0 spiro atoms. The zero-order valence-electron chi connectivity index (χ0n) is 8.27. The van der Waals surface area contributed by atoms with Crippen LogP contribution >= 0.6 is 0 Å². The van der Waals surface area contributed by atoms with Crippen molar-refractivity contribution in [1.82, 2.24) is 9.97 Å². The largest absolute Gasteiger partial charge is 0.345 e. The number of H-pyrrole nitrogens is 1. The first-order valence-electron chi connectivity index (χ1n) is 4.82. The van der Waals surface area contributed by atoms with Crippen molar-refractivity contribution in [2.75, 3.05) is 0 Å². The van der Waals surface area contributed by atoms with Crippen LogP contribution in [0.1, 0.15) is 17.1 Å². The number of imidazole rings is 1. The summed E-state index contributed by atoms with van der Waals surface area (Å²) < 4.78 is 0. The molecule has 3 nitrogen and oxygen atoms in total. The molecule has 0 atom stereocenters. The van der Waals surface area contributed by atoms with E-state index in [4.69, 9.17) is 5.26 Å². The van der Waals surface area contributed by atoms with Crippen LogP contribution in [0.4, 0.5) is 0 Å². The molecular weight excluding hydrogens is 186 g/mol. The first kappa shape index (κ1) is 9.47. The third-order valence-electron chi connectivity index (χ3n) is 2.16. The van der Waals surface area contributed by atoms with Crippen LogP contribution in [0.15, 0.2) is 36.5 Å². The third kappa shape index (κ3) is 2.44. The summed E-state index contributed by atoms with van der Waals surface area (Å²) in [7, 11) is 0. The standard InChI is InChI=1S/C12H11N3/c13-7-6-11-9-14-12(15-11)8-10-4-2-1-3-5-10/h1-5,9H,6,8H2,(H,14,15). The maximum Gasteiger partial charge on any atom is 0.110 e. The molecule has 0 aliphatic carbocycles. The van der Waals surface area contributed by atoms with Crippen molar-refractivity contribution in [3.05, 3.63) is 53.6 Å². The molecule has 74 valence electrons. The SMILES string of the molecule is N#CCc1cnc(Cc2ccccc2)[nH]1. The van der Waals surface area contributed by atoms with Crippen molar-refractivity contribution in [2.24, 2.45) is 0 Å². The predicted octanol–water partition coefficient (Wildman–Crippen LogP) is 2.07. The summed E-state index contributed by atoms with van der Waals surface area (Å²) in [6.45, 7) is 0. The number of nitriles is 1. The molecule has 0 saturated carbocycles. The number of benzene rings is 1. The molecule has 0 saturated heterocycles. The van der Waals surface area contributed by atoms with E-state index in [1.54, 1.807) is 6.20 Å². The highest BCUT2D eigenvalue weighted by molar-refractivity contribution is 5.19. The number of rotatable bonds is 3. The molecule has 1 N–H and O–H groups in total. The maximum atomic E-state index is 8.52. The van der Waals surface area contributed by atoms with E-state index in [0.29, 0.717) is 6.42 Å². The van der Waals surface area contributed by atoms with Crippen molar-refractivity contribution < 1.29 is 0 Å². The second-order valence-corrected chi connectivity index (χ2v) is 3.35. The fourth-order valence-electron chi connectivity index (χ4n) is 1.46. The first-order chi connectivity index (χ1) is 7.38. The Morgan fingerprint density at radius 3 is 2.80 bits per heavy atom. The van der Waals surface area contributed by atoms with E-state index in [9.17, 15) is 0 Å². The molecular formula is C12H11N3. The fraction of sp³-hybridized carbons (Fsp3) is 0.167. The monoisotopic (exact) mass is 197 g/mol. The Labute approximate surface area is 88.4 Å². The lowest BCUT2D eigenvalue weighted by Crippen LogP contribution is -1.90. The molecule has 15 heavy (non-hydrogen) atoms. The highest BCUT2D eigenvalue weighted by atomic mass is 14.9. The lowest BCUT2D eigenvalue weighted by atomic mass is 10.1. The lowest BCUT2D eigenvalue weighted by Gasteiger charge is -1.96. The Kier molecular flexibility index (Phi) is 2.80. The maximum absolute atomic E-state index is 8.52. The minimum absolute atomic E-state index is 0.391. The molecule has 0 radical (unpaired) electrons. The van der Waals surface area contributed by atoms with Gasteiger partial charge >= 0.3 is 0 Å². The highest BCUT2D eigenvalue weighted by Gasteiger charge is 2.00. The van der Waals surface area contributed by atoms with Gasteiger partial charge in [0.1, 0.15) is 5.82 Å². The summed E-state index contributed by atoms with van der Waals surface area (Å²) >= 11 is 0. The Hall–Kier alpha value is -2.08. The Bertz CT molecular complexity index is 465. The molecule has 3 heteroatoms. The van der Waals surface area contributed by atoms with Crippen molar-refractivity contribution in [3.63, 3.8) is 0 Å². The summed E-state index contributed by atoms with van der Waals surface area (Å²) in [6.07, 6.45) is 2.90. The van der Waals surface area contributed by atoms with E-state index >= 15 is 0 Å². The molecule has 2 rings (SSSR count). The van der Waals surface area contributed by atoms with Crippen LogP contribution < -0.4 is 0 Å². The average Bonchev–Trinajstić information content (AvgIpc) is 2.68. The summed E-state index contributed by atoms with van der Waals surface area (Å²) in [6, 6.07) is 12.2. The van der Waals surface area contributed by atoms with Crippen LogP contribution in [0.5, 0.6) is 0 Å². The van der Waals surface area contributed by atoms with E-state index in [-0.39, 0.29) is 0 Å². The topological polar surface area (TPSA) is 52.5 Å². The van der Waals surface area contributed by atoms with Crippen LogP contribution in [0, 0.1) is 11.3 Å². The van der Waals surface area contributed by atoms with E-state index < -0.39 is 0 Å². The number of aromatic nitrogens is 2. The summed E-state index contributed by atoms with van der Waals surface area (Å²) in [4.78, 5) is 7.35. The van der Waals surface area contributed by atoms with E-state index in [1.807, 2.05) is 18.2 Å². The molecule has 0 bridgehead atoms. The van der Waals surface area contributed by atoms with Crippen molar-refractivity contribution >= 4 is 0 Å². The van der Waals surface area contributed by atoms with Gasteiger partial charge in [-0.3, -0.25) is 0 Å². The van der Waals surface area contributed by atoms with Crippen LogP contribution in [-0.4, -0.2) is 9.97 Å². The number of nitrogens with zero attached hydrogens (tertiary/aromatic N) is 2. The average molecular weight is 197 g/mol. The summed E-state index contributed by atoms with van der Waals surface area (Å²) in [5.41, 5.74) is 2.10. The molecule has 0 amide bonds. The van der Waals surface area contributed by atoms with Crippen molar-refractivity contribution in [3.8, 4) is 6.07 Å². The number of hydrogen-bond donors (Lipinski definition) is 1. The van der Waals surface area contributed by atoms with Gasteiger partial charge in [-0.25, -0.2) is 4.98 Å². The summed E-state index contributed by atoms with van der Waals surface area (Å²) in [5.74, 6) is 0.909. The minimum atomic E-state index is 0.391. The van der Waals surface area contributed by atoms with Gasteiger partial charge in [0.25, 0.3) is 0 Å². The Balaban J connectivity index is 2.09. The van der Waals surface area contributed by atoms with Crippen LogP contribution in [0.2, 0.25) is 0 Å². The molecule has 2 aromatic rings. The number of nitrogens with one attached hydrogen (secondary N) is 1. The van der Waals surface area contributed by atoms with Crippen LogP contribution in [0.3, 0.4) is 0 Å². The van der Waals surface area contributed by atoms with Gasteiger partial charge in [0.15, 0.2) is 0 Å². The fourth-order valence-corrected chi connectivity index (χ4v) is 1.46. The zero-order valence-corrected chi connectivity index (χ0v) is 8.27. The quantitative estimate of drug-likeness (QED) is 0.818. The molecule has 0 aliphatic rings. The van der Waals surface area contributed by atoms with E-state index in [2.05, 4.69) is 28.2 Å². The first-order valence-corrected chi connectivity index (χ1v) is 4.82. The van der Waals surface area contributed by atoms with Gasteiger partial charge in [-0.05, 0) is 5.56 Å². The minimum Gasteiger partial charge on any atom is -0.345 e. The van der Waals surface area contributed by atoms with E-state index in [1.165, 1.54) is 5.56 Å². The molecule has 0 unspecified atom stereocenters. The normalized spacial score (nSPS) is 9.80. The van der Waals surface area contributed by atoms with Crippen molar-refractivity contribution in [2.45, 2.75) is 12.8 Å². The molecule has 1 aromatic heterocycles. The molecule has 0 fully saturated rings. The lowest BCUT2D eigenvalue weighted by molar-refractivity contribution is 1.01.